The number of carboxylic acids is 3. The van der Waals surface area contributed by atoms with Crippen molar-refractivity contribution in [1.82, 2.24) is 9.47 Å². The molecule has 220 valence electrons. The molecule has 1 aliphatic rings. The molecule has 1 atom stereocenters. The normalized spacial score (nSPS) is 12.9. The van der Waals surface area contributed by atoms with E-state index >= 15 is 0 Å². The van der Waals surface area contributed by atoms with E-state index in [1.165, 1.54) is 6.07 Å². The molecule has 0 fully saturated rings. The maximum atomic E-state index is 14.3. The van der Waals surface area contributed by atoms with Crippen molar-refractivity contribution in [3.05, 3.63) is 77.9 Å². The molecule has 12 nitrogen and oxygen atoms in total. The van der Waals surface area contributed by atoms with Crippen LogP contribution in [0.3, 0.4) is 0 Å². The molecule has 1 aromatic heterocycles. The number of hydrogen-bond donors (Lipinski definition) is 5. The molecule has 0 saturated heterocycles. The van der Waals surface area contributed by atoms with Crippen LogP contribution in [0.25, 0.3) is 5.69 Å². The molecule has 0 aliphatic carbocycles. The van der Waals surface area contributed by atoms with Crippen LogP contribution in [0, 0.1) is 5.82 Å². The van der Waals surface area contributed by atoms with Crippen molar-refractivity contribution >= 4 is 17.9 Å². The van der Waals surface area contributed by atoms with E-state index in [4.69, 9.17) is 29.9 Å². The van der Waals surface area contributed by atoms with Gasteiger partial charge in [-0.1, -0.05) is 18.2 Å². The van der Waals surface area contributed by atoms with Crippen LogP contribution < -0.4 is 9.47 Å². The Kier molecular flexibility index (Phi) is 10.4. The average Bonchev–Trinajstić information content (AvgIpc) is 3.52. The number of aromatic nitrogens is 1. The number of para-hydroxylation sites is 1. The monoisotopic (exact) mass is 574 g/mol. The quantitative estimate of drug-likeness (QED) is 0.215. The Morgan fingerprint density at radius 1 is 0.976 bits per heavy atom. The van der Waals surface area contributed by atoms with Gasteiger partial charge in [-0.05, 0) is 48.9 Å². The van der Waals surface area contributed by atoms with Crippen LogP contribution in [0.2, 0.25) is 0 Å². The van der Waals surface area contributed by atoms with Crippen LogP contribution in [0.5, 0.6) is 11.5 Å². The molecule has 41 heavy (non-hydrogen) atoms. The summed E-state index contributed by atoms with van der Waals surface area (Å²) in [5.74, 6) is -3.80. The van der Waals surface area contributed by atoms with Crippen LogP contribution in [-0.2, 0) is 27.5 Å². The summed E-state index contributed by atoms with van der Waals surface area (Å²) < 4.78 is 26.9. The largest absolute Gasteiger partial charge is 0.481 e. The minimum Gasteiger partial charge on any atom is -0.481 e. The third-order valence-corrected chi connectivity index (χ3v) is 5.98. The number of halogens is 1. The third kappa shape index (κ3) is 8.76. The number of carbonyl (C=O) groups is 3. The molecular weight excluding hydrogens is 543 g/mol. The Morgan fingerprint density at radius 2 is 1.63 bits per heavy atom. The van der Waals surface area contributed by atoms with Crippen LogP contribution in [0.15, 0.2) is 60.8 Å². The summed E-state index contributed by atoms with van der Waals surface area (Å²) in [6, 6.07) is 16.5. The molecule has 5 N–H and O–H groups in total. The lowest BCUT2D eigenvalue weighted by Crippen LogP contribution is -2.42. The fourth-order valence-corrected chi connectivity index (χ4v) is 4.23. The summed E-state index contributed by atoms with van der Waals surface area (Å²) in [5.41, 5.74) is -0.208. The van der Waals surface area contributed by atoms with E-state index < -0.39 is 42.5 Å². The fraction of sp³-hybridized carbons (Fsp3) is 0.321. The van der Waals surface area contributed by atoms with Crippen molar-refractivity contribution in [2.45, 2.75) is 44.6 Å². The van der Waals surface area contributed by atoms with Gasteiger partial charge in [0, 0.05) is 31.5 Å². The van der Waals surface area contributed by atoms with Crippen LogP contribution in [-0.4, -0.2) is 78.0 Å². The molecule has 0 spiro atoms. The summed E-state index contributed by atoms with van der Waals surface area (Å²) in [4.78, 5) is 32.6. The summed E-state index contributed by atoms with van der Waals surface area (Å²) in [6.45, 7) is 3.70. The molecule has 13 heteroatoms. The molecule has 2 aromatic carbocycles. The van der Waals surface area contributed by atoms with Gasteiger partial charge in [-0.15, -0.1) is 0 Å². The van der Waals surface area contributed by atoms with Gasteiger partial charge in [0.1, 0.15) is 5.82 Å². The molecule has 0 radical (unpaired) electrons. The van der Waals surface area contributed by atoms with Gasteiger partial charge in [0.25, 0.3) is 0 Å². The molecule has 1 unspecified atom stereocenters. The Labute approximate surface area is 234 Å². The van der Waals surface area contributed by atoms with Crippen molar-refractivity contribution in [3.63, 3.8) is 0 Å². The van der Waals surface area contributed by atoms with Crippen molar-refractivity contribution in [2.75, 3.05) is 13.3 Å². The minimum absolute atomic E-state index is 0.242. The number of carboxylic acid groups (broad SMARTS) is 3. The van der Waals surface area contributed by atoms with Crippen LogP contribution in [0.1, 0.15) is 31.0 Å². The van der Waals surface area contributed by atoms with Gasteiger partial charge in [0.15, 0.2) is 17.1 Å². The highest BCUT2D eigenvalue weighted by Gasteiger charge is 2.40. The Bertz CT molecular complexity index is 1360. The second kappa shape index (κ2) is 13.7. The lowest BCUT2D eigenvalue weighted by atomic mass is 9.96. The lowest BCUT2D eigenvalue weighted by Gasteiger charge is -2.25. The first-order valence-electron chi connectivity index (χ1n) is 12.5. The fourth-order valence-electron chi connectivity index (χ4n) is 4.23. The molecular formula is C28H31FN2O10. The number of aliphatic hydroxyl groups is 2. The van der Waals surface area contributed by atoms with E-state index in [-0.39, 0.29) is 12.6 Å². The highest BCUT2D eigenvalue weighted by molar-refractivity contribution is 5.88. The number of benzene rings is 2. The standard InChI is InChI=1S/C22H23FN2O3.C6H8O7/c1-16(26)12-24(13-17-8-9-21-22(11-17)28-15-27-21)14-18-5-4-10-25(18)20-7-3-2-6-19(20)23;7-3(8)1-6(13,5(11)12)2-4(9)10/h2-11,16,26H,12-15H2,1H3;13H,1-2H2,(H,7,8)(H,9,10)(H,11,12). The van der Waals surface area contributed by atoms with Gasteiger partial charge in [-0.25, -0.2) is 9.18 Å². The number of fused-ring (bicyclic) bond motifs is 1. The topological polar surface area (TPSA) is 179 Å². The average molecular weight is 575 g/mol. The summed E-state index contributed by atoms with van der Waals surface area (Å²) in [6.07, 6.45) is -0.913. The van der Waals surface area contributed by atoms with Crippen molar-refractivity contribution in [3.8, 4) is 17.2 Å². The van der Waals surface area contributed by atoms with E-state index in [1.54, 1.807) is 19.1 Å². The molecule has 0 amide bonds. The van der Waals surface area contributed by atoms with E-state index in [2.05, 4.69) is 4.90 Å². The second-order valence-corrected chi connectivity index (χ2v) is 9.50. The molecule has 0 saturated carbocycles. The molecule has 1 aliphatic heterocycles. The third-order valence-electron chi connectivity index (χ3n) is 5.98. The number of ether oxygens (including phenoxy) is 2. The highest BCUT2D eigenvalue weighted by atomic mass is 19.1. The predicted molar refractivity (Wildman–Crippen MR) is 141 cm³/mol. The molecule has 3 aromatic rings. The molecule has 2 heterocycles. The van der Waals surface area contributed by atoms with Crippen molar-refractivity contribution < 1.29 is 53.8 Å². The van der Waals surface area contributed by atoms with Crippen molar-refractivity contribution in [2.24, 2.45) is 0 Å². The number of aliphatic hydroxyl groups excluding tert-OH is 1. The van der Waals surface area contributed by atoms with Crippen LogP contribution >= 0.6 is 0 Å². The first-order valence-corrected chi connectivity index (χ1v) is 12.5. The summed E-state index contributed by atoms with van der Waals surface area (Å²) in [7, 11) is 0. The van der Waals surface area contributed by atoms with E-state index in [9.17, 15) is 23.9 Å². The number of nitrogens with zero attached hydrogens (tertiary/aromatic N) is 2. The second-order valence-electron chi connectivity index (χ2n) is 9.50. The summed E-state index contributed by atoms with van der Waals surface area (Å²) >= 11 is 0. The number of hydrogen-bond acceptors (Lipinski definition) is 8. The zero-order valence-corrected chi connectivity index (χ0v) is 22.1. The Morgan fingerprint density at radius 3 is 2.24 bits per heavy atom. The smallest absolute Gasteiger partial charge is 0.336 e. The van der Waals surface area contributed by atoms with E-state index in [1.807, 2.05) is 47.2 Å². The Balaban J connectivity index is 0.000000302. The summed E-state index contributed by atoms with van der Waals surface area (Å²) in [5, 5.41) is 43.8. The minimum atomic E-state index is -2.74. The zero-order valence-electron chi connectivity index (χ0n) is 22.1. The van der Waals surface area contributed by atoms with Crippen molar-refractivity contribution in [1.29, 1.82) is 0 Å². The lowest BCUT2D eigenvalue weighted by molar-refractivity contribution is -0.170. The highest BCUT2D eigenvalue weighted by Crippen LogP contribution is 2.33. The van der Waals surface area contributed by atoms with E-state index in [0.29, 0.717) is 25.3 Å². The maximum Gasteiger partial charge on any atom is 0.336 e. The Hall–Kier alpha value is -4.46. The van der Waals surface area contributed by atoms with Crippen LogP contribution in [0.4, 0.5) is 4.39 Å². The van der Waals surface area contributed by atoms with Gasteiger partial charge >= 0.3 is 17.9 Å². The SMILES string of the molecule is CC(O)CN(Cc1ccc2c(c1)OCO2)Cc1cccn1-c1ccccc1F.O=C(O)CC(O)(CC(=O)O)C(=O)O. The predicted octanol–water partition coefficient (Wildman–Crippen LogP) is 2.48. The van der Waals surface area contributed by atoms with Gasteiger partial charge < -0.3 is 39.6 Å². The van der Waals surface area contributed by atoms with Gasteiger partial charge in [-0.3, -0.25) is 14.5 Å². The number of aliphatic carboxylic acids is 3. The first-order chi connectivity index (χ1) is 19.4. The van der Waals surface area contributed by atoms with E-state index in [0.717, 1.165) is 22.8 Å². The maximum absolute atomic E-state index is 14.3. The zero-order chi connectivity index (χ0) is 30.2. The van der Waals surface area contributed by atoms with Gasteiger partial charge in [0.05, 0.1) is 24.6 Å². The molecule has 0 bridgehead atoms. The van der Waals surface area contributed by atoms with Gasteiger partial charge in [-0.2, -0.15) is 0 Å². The van der Waals surface area contributed by atoms with Gasteiger partial charge in [0.2, 0.25) is 6.79 Å². The first kappa shape index (κ1) is 31.1. The molecule has 4 rings (SSSR count). The number of rotatable bonds is 12.